The Morgan fingerprint density at radius 1 is 1.14 bits per heavy atom. The highest BCUT2D eigenvalue weighted by Gasteiger charge is 2.44. The van der Waals surface area contributed by atoms with Crippen LogP contribution in [0.25, 0.3) is 10.8 Å². The first-order valence-corrected chi connectivity index (χ1v) is 10.1. The maximum absolute atomic E-state index is 14.5. The minimum absolute atomic E-state index is 0.118. The molecule has 1 aliphatic carbocycles. The first-order chi connectivity index (χ1) is 14.0. The van der Waals surface area contributed by atoms with Crippen LogP contribution >= 0.6 is 0 Å². The zero-order valence-corrected chi connectivity index (χ0v) is 16.1. The van der Waals surface area contributed by atoms with E-state index in [9.17, 15) is 14.0 Å². The van der Waals surface area contributed by atoms with Gasteiger partial charge in [-0.2, -0.15) is 5.10 Å². The smallest absolute Gasteiger partial charge is 0.272 e. The summed E-state index contributed by atoms with van der Waals surface area (Å²) in [5, 5.41) is 8.04. The summed E-state index contributed by atoms with van der Waals surface area (Å²) in [5.41, 5.74) is 1.64. The van der Waals surface area contributed by atoms with Gasteiger partial charge in [-0.3, -0.25) is 9.59 Å². The SMILES string of the molecule is O=C(c1cc(Cc2n[nH]c(=O)c3ccccc23)ccc1F)N1CCC2(CCC2)C1. The highest BCUT2D eigenvalue weighted by Crippen LogP contribution is 2.48. The largest absolute Gasteiger partial charge is 0.338 e. The van der Waals surface area contributed by atoms with Crippen molar-refractivity contribution < 1.29 is 9.18 Å². The van der Waals surface area contributed by atoms with Crippen molar-refractivity contribution in [2.24, 2.45) is 5.41 Å². The van der Waals surface area contributed by atoms with Crippen molar-refractivity contribution in [1.82, 2.24) is 15.1 Å². The zero-order chi connectivity index (χ0) is 20.0. The molecule has 1 saturated heterocycles. The Balaban J connectivity index is 1.44. The fourth-order valence-corrected chi connectivity index (χ4v) is 4.71. The Hall–Kier alpha value is -3.02. The summed E-state index contributed by atoms with van der Waals surface area (Å²) >= 11 is 0. The van der Waals surface area contributed by atoms with Crippen molar-refractivity contribution in [3.05, 3.63) is 75.5 Å². The minimum atomic E-state index is -0.493. The van der Waals surface area contributed by atoms with Gasteiger partial charge in [-0.25, -0.2) is 9.49 Å². The van der Waals surface area contributed by atoms with Crippen LogP contribution in [0.1, 0.15) is 47.3 Å². The minimum Gasteiger partial charge on any atom is -0.338 e. The lowest BCUT2D eigenvalue weighted by Gasteiger charge is -2.37. The van der Waals surface area contributed by atoms with Gasteiger partial charge in [0.05, 0.1) is 16.6 Å². The molecule has 2 aromatic carbocycles. The Bertz CT molecular complexity index is 1170. The summed E-state index contributed by atoms with van der Waals surface area (Å²) in [6, 6.07) is 11.9. The van der Waals surface area contributed by atoms with E-state index >= 15 is 0 Å². The van der Waals surface area contributed by atoms with E-state index in [1.807, 2.05) is 12.1 Å². The van der Waals surface area contributed by atoms with Crippen LogP contribution in [0.5, 0.6) is 0 Å². The molecule has 5 rings (SSSR count). The third kappa shape index (κ3) is 3.12. The van der Waals surface area contributed by atoms with Crippen molar-refractivity contribution in [3.8, 4) is 0 Å². The van der Waals surface area contributed by atoms with Crippen LogP contribution in [0.4, 0.5) is 4.39 Å². The number of fused-ring (bicyclic) bond motifs is 1. The number of hydrogen-bond acceptors (Lipinski definition) is 3. The van der Waals surface area contributed by atoms with Gasteiger partial charge < -0.3 is 4.90 Å². The van der Waals surface area contributed by atoms with E-state index in [1.54, 1.807) is 29.2 Å². The molecule has 2 fully saturated rings. The van der Waals surface area contributed by atoms with Crippen LogP contribution in [-0.4, -0.2) is 34.1 Å². The fraction of sp³-hybridized carbons (Fsp3) is 0.348. The number of likely N-dealkylation sites (tertiary alicyclic amines) is 1. The molecule has 1 spiro atoms. The molecule has 29 heavy (non-hydrogen) atoms. The lowest BCUT2D eigenvalue weighted by molar-refractivity contribution is 0.0727. The van der Waals surface area contributed by atoms with Crippen molar-refractivity contribution in [1.29, 1.82) is 0 Å². The van der Waals surface area contributed by atoms with Crippen LogP contribution in [0.15, 0.2) is 47.3 Å². The Labute approximate surface area is 167 Å². The molecule has 1 aliphatic heterocycles. The predicted octanol–water partition coefficient (Wildman–Crippen LogP) is 3.67. The van der Waals surface area contributed by atoms with Gasteiger partial charge in [-0.15, -0.1) is 0 Å². The number of nitrogens with zero attached hydrogens (tertiary/aromatic N) is 2. The van der Waals surface area contributed by atoms with Crippen LogP contribution in [-0.2, 0) is 6.42 Å². The molecule has 0 unspecified atom stereocenters. The van der Waals surface area contributed by atoms with Crippen molar-refractivity contribution in [3.63, 3.8) is 0 Å². The number of aromatic amines is 1. The van der Waals surface area contributed by atoms with Gasteiger partial charge >= 0.3 is 0 Å². The summed E-state index contributed by atoms with van der Waals surface area (Å²) < 4.78 is 14.5. The van der Waals surface area contributed by atoms with E-state index in [0.29, 0.717) is 24.0 Å². The summed E-state index contributed by atoms with van der Waals surface area (Å²) in [6.45, 7) is 1.44. The molecule has 0 bridgehead atoms. The molecule has 3 aromatic rings. The van der Waals surface area contributed by atoms with Gasteiger partial charge in [-0.05, 0) is 48.4 Å². The standard InChI is InChI=1S/C23H22FN3O2/c24-19-7-6-15(13-20-16-4-1-2-5-17(16)21(28)26-25-20)12-18(19)22(29)27-11-10-23(14-27)8-3-9-23/h1-2,4-7,12H,3,8-11,13-14H2,(H,26,28). The first kappa shape index (κ1) is 18.0. The summed E-state index contributed by atoms with van der Waals surface area (Å²) in [4.78, 5) is 26.8. The zero-order valence-electron chi connectivity index (χ0n) is 16.1. The number of rotatable bonds is 3. The molecular formula is C23H22FN3O2. The lowest BCUT2D eigenvalue weighted by atomic mass is 9.68. The second kappa shape index (κ2) is 6.79. The maximum Gasteiger partial charge on any atom is 0.272 e. The molecule has 6 heteroatoms. The average Bonchev–Trinajstić information content (AvgIpc) is 3.18. The van der Waals surface area contributed by atoms with E-state index in [-0.39, 0.29) is 22.4 Å². The third-order valence-electron chi connectivity index (χ3n) is 6.55. The van der Waals surface area contributed by atoms with Gasteiger partial charge in [0.2, 0.25) is 0 Å². The Kier molecular flexibility index (Phi) is 4.23. The van der Waals surface area contributed by atoms with Gasteiger partial charge in [0.25, 0.3) is 11.5 Å². The average molecular weight is 391 g/mol. The van der Waals surface area contributed by atoms with Crippen LogP contribution < -0.4 is 5.56 Å². The number of carbonyl (C=O) groups is 1. The molecule has 0 atom stereocenters. The van der Waals surface area contributed by atoms with Crippen molar-refractivity contribution in [2.45, 2.75) is 32.1 Å². The fourth-order valence-electron chi connectivity index (χ4n) is 4.71. The van der Waals surface area contributed by atoms with E-state index in [0.717, 1.165) is 23.9 Å². The maximum atomic E-state index is 14.5. The molecule has 1 N–H and O–H groups in total. The molecule has 1 aromatic heterocycles. The molecule has 1 amide bonds. The number of hydrogen-bond donors (Lipinski definition) is 1. The number of aromatic nitrogens is 2. The van der Waals surface area contributed by atoms with Crippen LogP contribution in [0.3, 0.4) is 0 Å². The molecule has 2 heterocycles. The lowest BCUT2D eigenvalue weighted by Crippen LogP contribution is -2.36. The number of H-pyrrole nitrogens is 1. The first-order valence-electron chi connectivity index (χ1n) is 10.1. The Morgan fingerprint density at radius 2 is 1.93 bits per heavy atom. The number of nitrogens with one attached hydrogen (secondary N) is 1. The van der Waals surface area contributed by atoms with Crippen LogP contribution in [0, 0.1) is 11.2 Å². The molecule has 2 aliphatic rings. The molecule has 5 nitrogen and oxygen atoms in total. The number of benzene rings is 2. The predicted molar refractivity (Wildman–Crippen MR) is 108 cm³/mol. The van der Waals surface area contributed by atoms with Crippen molar-refractivity contribution in [2.75, 3.05) is 13.1 Å². The highest BCUT2D eigenvalue weighted by atomic mass is 19.1. The summed E-state index contributed by atoms with van der Waals surface area (Å²) in [7, 11) is 0. The number of halogens is 1. The molecule has 1 saturated carbocycles. The quantitative estimate of drug-likeness (QED) is 0.741. The Morgan fingerprint density at radius 3 is 2.66 bits per heavy atom. The van der Waals surface area contributed by atoms with E-state index in [1.165, 1.54) is 25.3 Å². The molecule has 148 valence electrons. The monoisotopic (exact) mass is 391 g/mol. The number of carbonyl (C=O) groups excluding carboxylic acids is 1. The van der Waals surface area contributed by atoms with E-state index < -0.39 is 5.82 Å². The van der Waals surface area contributed by atoms with E-state index in [4.69, 9.17) is 0 Å². The highest BCUT2D eigenvalue weighted by molar-refractivity contribution is 5.95. The number of amides is 1. The van der Waals surface area contributed by atoms with Gasteiger partial charge in [-0.1, -0.05) is 30.7 Å². The van der Waals surface area contributed by atoms with E-state index in [2.05, 4.69) is 10.2 Å². The summed E-state index contributed by atoms with van der Waals surface area (Å²) in [6.07, 6.45) is 5.00. The second-order valence-corrected chi connectivity index (χ2v) is 8.37. The van der Waals surface area contributed by atoms with Gasteiger partial charge in [0.15, 0.2) is 0 Å². The van der Waals surface area contributed by atoms with Gasteiger partial charge in [0, 0.05) is 24.9 Å². The van der Waals surface area contributed by atoms with Gasteiger partial charge in [0.1, 0.15) is 5.82 Å². The topological polar surface area (TPSA) is 66.1 Å². The molecular weight excluding hydrogens is 369 g/mol. The normalized spacial score (nSPS) is 17.6. The third-order valence-corrected chi connectivity index (χ3v) is 6.55. The van der Waals surface area contributed by atoms with Crippen LogP contribution in [0.2, 0.25) is 0 Å². The second-order valence-electron chi connectivity index (χ2n) is 8.37. The van der Waals surface area contributed by atoms with Crippen molar-refractivity contribution >= 4 is 16.7 Å². The molecule has 0 radical (unpaired) electrons. The summed E-state index contributed by atoms with van der Waals surface area (Å²) in [5.74, 6) is -0.722.